The van der Waals surface area contributed by atoms with Gasteiger partial charge >= 0.3 is 13.2 Å². The third-order valence-corrected chi connectivity index (χ3v) is 6.37. The van der Waals surface area contributed by atoms with Gasteiger partial charge in [-0.25, -0.2) is 14.8 Å². The molecule has 3 rings (SSSR count). The average Bonchev–Trinajstić information content (AvgIpc) is 2.93. The molecule has 2 fully saturated rings. The van der Waals surface area contributed by atoms with Gasteiger partial charge in [-0.3, -0.25) is 4.79 Å². The lowest BCUT2D eigenvalue weighted by Gasteiger charge is -2.34. The minimum absolute atomic E-state index is 0.00845. The van der Waals surface area contributed by atoms with Crippen molar-refractivity contribution in [3.63, 3.8) is 0 Å². The van der Waals surface area contributed by atoms with Crippen molar-refractivity contribution in [2.45, 2.75) is 97.1 Å². The van der Waals surface area contributed by atoms with Crippen molar-refractivity contribution in [2.75, 3.05) is 18.4 Å². The van der Waals surface area contributed by atoms with Gasteiger partial charge in [0.05, 0.1) is 11.2 Å². The van der Waals surface area contributed by atoms with E-state index in [1.165, 1.54) is 0 Å². The van der Waals surface area contributed by atoms with E-state index >= 15 is 0 Å². The number of ether oxygens (including phenoxy) is 1. The molecule has 2 aliphatic heterocycles. The summed E-state index contributed by atoms with van der Waals surface area (Å²) in [5, 5.41) is 5.94. The Hall–Kier alpha value is -2.40. The molecule has 34 heavy (non-hydrogen) atoms. The number of anilines is 1. The van der Waals surface area contributed by atoms with E-state index < -0.39 is 36.1 Å². The number of alkyl carbamates (subject to hydrolysis) is 1. The zero-order valence-corrected chi connectivity index (χ0v) is 21.6. The fourth-order valence-electron chi connectivity index (χ4n) is 3.81. The van der Waals surface area contributed by atoms with Gasteiger partial charge in [-0.1, -0.05) is 0 Å². The fourth-order valence-corrected chi connectivity index (χ4v) is 3.81. The molecule has 0 aromatic carbocycles. The van der Waals surface area contributed by atoms with Crippen LogP contribution in [0.2, 0.25) is 0 Å². The molecule has 2 amide bonds. The maximum absolute atomic E-state index is 12.9. The third-order valence-electron chi connectivity index (χ3n) is 6.37. The maximum atomic E-state index is 12.9. The Morgan fingerprint density at radius 3 is 2.32 bits per heavy atom. The molecule has 0 aliphatic carbocycles. The molecule has 0 spiro atoms. The Bertz CT molecular complexity index is 871. The number of nitrogens with one attached hydrogen (secondary N) is 2. The number of hydrogen-bond donors (Lipinski definition) is 2. The van der Waals surface area contributed by atoms with E-state index in [-0.39, 0.29) is 11.9 Å². The molecule has 1 aromatic rings. The largest absolute Gasteiger partial charge is 0.498 e. The first-order chi connectivity index (χ1) is 15.7. The van der Waals surface area contributed by atoms with Gasteiger partial charge in [0.25, 0.3) is 0 Å². The van der Waals surface area contributed by atoms with E-state index in [9.17, 15) is 9.59 Å². The van der Waals surface area contributed by atoms with Crippen molar-refractivity contribution in [1.82, 2.24) is 20.2 Å². The third kappa shape index (κ3) is 6.38. The van der Waals surface area contributed by atoms with Gasteiger partial charge in [-0.15, -0.1) is 0 Å². The number of rotatable bonds is 5. The number of likely N-dealkylation sites (tertiary alicyclic amines) is 1. The van der Waals surface area contributed by atoms with Crippen molar-refractivity contribution in [2.24, 2.45) is 0 Å². The number of aromatic nitrogens is 2. The van der Waals surface area contributed by atoms with Crippen LogP contribution < -0.4 is 16.1 Å². The molecule has 3 heterocycles. The number of amides is 2. The second-order valence-electron chi connectivity index (χ2n) is 11.1. The standard InChI is InChI=1S/C23H38BN5O5/c1-15(27-20(31)32-21(2,3)4)18(30)29-11-9-10-17(14-29)28-19-25-12-16(13-26-19)24-33-22(5,6)23(7,8)34-24/h12-13,15,17H,9-11,14H2,1-8H3,(H,27,31)(H,25,26,28)/t15-,17-/m0/s1. The molecule has 0 radical (unpaired) electrons. The highest BCUT2D eigenvalue weighted by Crippen LogP contribution is 2.36. The number of nitrogens with zero attached hydrogens (tertiary/aromatic N) is 3. The first kappa shape index (κ1) is 26.2. The molecule has 1 aromatic heterocycles. The quantitative estimate of drug-likeness (QED) is 0.623. The zero-order valence-electron chi connectivity index (χ0n) is 21.6. The van der Waals surface area contributed by atoms with Crippen LogP contribution >= 0.6 is 0 Å². The lowest BCUT2D eigenvalue weighted by Crippen LogP contribution is -2.52. The Morgan fingerprint density at radius 1 is 1.18 bits per heavy atom. The molecule has 188 valence electrons. The summed E-state index contributed by atoms with van der Waals surface area (Å²) in [5.74, 6) is 0.342. The van der Waals surface area contributed by atoms with Gasteiger partial charge in [-0.2, -0.15) is 0 Å². The van der Waals surface area contributed by atoms with Gasteiger partial charge < -0.3 is 29.6 Å². The van der Waals surface area contributed by atoms with Crippen molar-refractivity contribution < 1.29 is 23.6 Å². The van der Waals surface area contributed by atoms with Crippen LogP contribution in [0.3, 0.4) is 0 Å². The normalized spacial score (nSPS) is 22.8. The second-order valence-corrected chi connectivity index (χ2v) is 11.1. The number of piperidine rings is 1. The number of carbonyl (C=O) groups excluding carboxylic acids is 2. The Kier molecular flexibility index (Phi) is 7.47. The summed E-state index contributed by atoms with van der Waals surface area (Å²) in [6.07, 6.45) is 4.54. The Morgan fingerprint density at radius 2 is 1.76 bits per heavy atom. The summed E-state index contributed by atoms with van der Waals surface area (Å²) in [6.45, 7) is 16.2. The Labute approximate surface area is 202 Å². The van der Waals surface area contributed by atoms with Crippen LogP contribution in [0.4, 0.5) is 10.7 Å². The fraction of sp³-hybridized carbons (Fsp3) is 0.739. The van der Waals surface area contributed by atoms with Crippen LogP contribution in [0.25, 0.3) is 0 Å². The molecule has 2 aliphatic rings. The van der Waals surface area contributed by atoms with Crippen molar-refractivity contribution >= 4 is 30.5 Å². The minimum atomic E-state index is -0.677. The van der Waals surface area contributed by atoms with Crippen LogP contribution in [0.1, 0.15) is 68.2 Å². The first-order valence-electron chi connectivity index (χ1n) is 11.9. The van der Waals surface area contributed by atoms with Gasteiger partial charge in [0.15, 0.2) is 0 Å². The summed E-state index contributed by atoms with van der Waals surface area (Å²) in [4.78, 5) is 35.5. The summed E-state index contributed by atoms with van der Waals surface area (Å²) >= 11 is 0. The lowest BCUT2D eigenvalue weighted by atomic mass is 9.81. The van der Waals surface area contributed by atoms with Crippen molar-refractivity contribution in [3.05, 3.63) is 12.4 Å². The molecule has 11 heteroatoms. The SMILES string of the molecule is C[C@H](NC(=O)OC(C)(C)C)C(=O)N1CCC[C@H](Nc2ncc(B3OC(C)(C)C(C)(C)O3)cn2)C1. The Balaban J connectivity index is 1.54. The van der Waals surface area contributed by atoms with E-state index in [4.69, 9.17) is 14.0 Å². The van der Waals surface area contributed by atoms with E-state index in [2.05, 4.69) is 20.6 Å². The van der Waals surface area contributed by atoms with Crippen LogP contribution in [0.5, 0.6) is 0 Å². The van der Waals surface area contributed by atoms with Gasteiger partial charge in [-0.05, 0) is 68.2 Å². The molecule has 2 atom stereocenters. The van der Waals surface area contributed by atoms with Crippen LogP contribution in [0.15, 0.2) is 12.4 Å². The molecule has 10 nitrogen and oxygen atoms in total. The van der Waals surface area contributed by atoms with E-state index in [1.807, 2.05) is 27.7 Å². The molecular weight excluding hydrogens is 437 g/mol. The molecular formula is C23H38BN5O5. The highest BCUT2D eigenvalue weighted by molar-refractivity contribution is 6.61. The summed E-state index contributed by atoms with van der Waals surface area (Å²) in [5.41, 5.74) is -0.721. The van der Waals surface area contributed by atoms with Crippen LogP contribution in [-0.4, -0.2) is 76.0 Å². The van der Waals surface area contributed by atoms with E-state index in [0.717, 1.165) is 18.3 Å². The minimum Gasteiger partial charge on any atom is -0.444 e. The molecule has 2 N–H and O–H groups in total. The monoisotopic (exact) mass is 475 g/mol. The van der Waals surface area contributed by atoms with Gasteiger partial charge in [0, 0.05) is 37.0 Å². The predicted molar refractivity (Wildman–Crippen MR) is 130 cm³/mol. The molecule has 0 saturated carbocycles. The number of hydrogen-bond acceptors (Lipinski definition) is 8. The highest BCUT2D eigenvalue weighted by atomic mass is 16.7. The van der Waals surface area contributed by atoms with Crippen LogP contribution in [0, 0.1) is 0 Å². The zero-order chi connectivity index (χ0) is 25.3. The van der Waals surface area contributed by atoms with Gasteiger partial charge in [0.1, 0.15) is 11.6 Å². The van der Waals surface area contributed by atoms with Gasteiger partial charge in [0.2, 0.25) is 11.9 Å². The second kappa shape index (κ2) is 9.69. The molecule has 0 unspecified atom stereocenters. The maximum Gasteiger partial charge on any atom is 0.498 e. The summed E-state index contributed by atoms with van der Waals surface area (Å²) in [7, 11) is -0.513. The number of carbonyl (C=O) groups is 2. The van der Waals surface area contributed by atoms with E-state index in [1.54, 1.807) is 45.0 Å². The predicted octanol–water partition coefficient (Wildman–Crippen LogP) is 2.09. The highest BCUT2D eigenvalue weighted by Gasteiger charge is 2.52. The summed E-state index contributed by atoms with van der Waals surface area (Å²) in [6, 6.07) is -0.668. The molecule has 2 saturated heterocycles. The van der Waals surface area contributed by atoms with Crippen molar-refractivity contribution in [3.8, 4) is 0 Å². The van der Waals surface area contributed by atoms with E-state index in [0.29, 0.717) is 19.0 Å². The smallest absolute Gasteiger partial charge is 0.444 e. The average molecular weight is 475 g/mol. The molecule has 0 bridgehead atoms. The lowest BCUT2D eigenvalue weighted by molar-refractivity contribution is -0.134. The van der Waals surface area contributed by atoms with Crippen LogP contribution in [-0.2, 0) is 18.8 Å². The summed E-state index contributed by atoms with van der Waals surface area (Å²) < 4.78 is 17.3. The first-order valence-corrected chi connectivity index (χ1v) is 11.9. The van der Waals surface area contributed by atoms with Crippen molar-refractivity contribution in [1.29, 1.82) is 0 Å². The topological polar surface area (TPSA) is 115 Å².